The standard InChI is InChI=1S/C10Cl2F22Si/c11-35(12,10(32,33)34)9(30,31)7(25,26)5(21,22)3(17,18)1(13,14)2(15,16)4(19,20)6(23,24)8(27,28)29. The summed E-state index contributed by atoms with van der Waals surface area (Å²) >= 11 is 7.65. The Labute approximate surface area is 185 Å². The van der Waals surface area contributed by atoms with E-state index in [4.69, 9.17) is 0 Å². The van der Waals surface area contributed by atoms with Crippen molar-refractivity contribution in [2.24, 2.45) is 0 Å². The second-order valence-electron chi connectivity index (χ2n) is 6.17. The summed E-state index contributed by atoms with van der Waals surface area (Å²) in [5, 5.41) is 0. The zero-order valence-corrected chi connectivity index (χ0v) is 17.1. The smallest absolute Gasteiger partial charge is 0.201 e. The second kappa shape index (κ2) is 8.13. The van der Waals surface area contributed by atoms with E-state index in [-0.39, 0.29) is 0 Å². The van der Waals surface area contributed by atoms with Crippen LogP contribution in [0, 0.1) is 0 Å². The number of hydrogen-bond donors (Lipinski definition) is 0. The number of halogens is 24. The van der Waals surface area contributed by atoms with Crippen molar-refractivity contribution in [3.05, 3.63) is 0 Å². The molecule has 0 bridgehead atoms. The quantitative estimate of drug-likeness (QED) is 0.143. The predicted molar refractivity (Wildman–Crippen MR) is 69.1 cm³/mol. The van der Waals surface area contributed by atoms with Crippen molar-refractivity contribution < 1.29 is 96.6 Å². The Balaban J connectivity index is 7.15. The Morgan fingerprint density at radius 3 is 0.714 bits per heavy atom. The first-order valence-electron chi connectivity index (χ1n) is 7.04. The van der Waals surface area contributed by atoms with Crippen molar-refractivity contribution in [1.29, 1.82) is 0 Å². The van der Waals surface area contributed by atoms with E-state index >= 15 is 0 Å². The van der Waals surface area contributed by atoms with Gasteiger partial charge in [-0.1, -0.05) is 0 Å². The molecule has 0 saturated heterocycles. The molecule has 0 aliphatic heterocycles. The number of rotatable bonds is 8. The average Bonchev–Trinajstić information content (AvgIpc) is 2.58. The van der Waals surface area contributed by atoms with Crippen LogP contribution in [0.4, 0.5) is 96.6 Å². The van der Waals surface area contributed by atoms with Crippen LogP contribution >= 0.6 is 22.2 Å². The molecule has 0 unspecified atom stereocenters. The van der Waals surface area contributed by atoms with Gasteiger partial charge in [0, 0.05) is 0 Å². The first-order chi connectivity index (χ1) is 14.5. The molecule has 0 aromatic carbocycles. The van der Waals surface area contributed by atoms with Gasteiger partial charge in [-0.2, -0.15) is 87.8 Å². The molecule has 0 fully saturated rings. The number of hydrogen-bond acceptors (Lipinski definition) is 0. The Hall–Kier alpha value is -0.743. The monoisotopic (exact) mass is 636 g/mol. The predicted octanol–water partition coefficient (Wildman–Crippen LogP) is 8.19. The van der Waals surface area contributed by atoms with Crippen molar-refractivity contribution in [1.82, 2.24) is 0 Å². The highest BCUT2D eigenvalue weighted by Gasteiger charge is 2.98. The van der Waals surface area contributed by atoms with Crippen molar-refractivity contribution in [3.63, 3.8) is 0 Å². The van der Waals surface area contributed by atoms with Crippen LogP contribution in [0.2, 0.25) is 0 Å². The van der Waals surface area contributed by atoms with Crippen LogP contribution in [0.3, 0.4) is 0 Å². The third-order valence-electron chi connectivity index (χ3n) is 3.87. The van der Waals surface area contributed by atoms with Gasteiger partial charge in [0.05, 0.1) is 0 Å². The molecule has 0 spiro atoms. The molecule has 25 heteroatoms. The molecule has 0 saturated carbocycles. The van der Waals surface area contributed by atoms with Crippen LogP contribution in [-0.4, -0.2) is 65.7 Å². The minimum absolute atomic E-state index is 3.82. The molecule has 0 rings (SSSR count). The third kappa shape index (κ3) is 4.08. The maximum Gasteiger partial charge on any atom is 0.460 e. The zero-order chi connectivity index (χ0) is 29.5. The molecular weight excluding hydrogens is 637 g/mol. The second-order valence-corrected chi connectivity index (χ2v) is 12.5. The first-order valence-corrected chi connectivity index (χ1v) is 11.1. The Bertz CT molecular complexity index is 725. The van der Waals surface area contributed by atoms with E-state index in [1.54, 1.807) is 0 Å². The summed E-state index contributed by atoms with van der Waals surface area (Å²) in [5.41, 5.74) is -8.00. The first kappa shape index (κ1) is 34.3. The molecule has 0 aliphatic carbocycles. The van der Waals surface area contributed by atoms with Gasteiger partial charge in [-0.05, 0) is 0 Å². The highest BCUT2D eigenvalue weighted by molar-refractivity contribution is 7.47. The molecular formula is C10Cl2F22Si. The van der Waals surface area contributed by atoms with E-state index in [1.807, 2.05) is 0 Å². The fourth-order valence-electron chi connectivity index (χ4n) is 1.74. The normalized spacial score (nSPS) is 17.1. The van der Waals surface area contributed by atoms with Gasteiger partial charge in [0.25, 0.3) is 0 Å². The SMILES string of the molecule is FC(F)(F)C(F)(F)C(F)(F)C(F)(F)C(F)(F)C(F)(F)C(F)(F)C(F)(F)C(F)(F)[Si](Cl)(Cl)C(F)(F)F. The van der Waals surface area contributed by atoms with Crippen molar-refractivity contribution in [2.45, 2.75) is 59.0 Å². The van der Waals surface area contributed by atoms with E-state index in [2.05, 4.69) is 22.2 Å². The molecule has 0 atom stereocenters. The van der Waals surface area contributed by atoms with E-state index in [0.29, 0.717) is 0 Å². The van der Waals surface area contributed by atoms with E-state index in [0.717, 1.165) is 0 Å². The van der Waals surface area contributed by atoms with Gasteiger partial charge < -0.3 is 0 Å². The highest BCUT2D eigenvalue weighted by atomic mass is 35.7. The molecule has 0 heterocycles. The van der Waals surface area contributed by atoms with Crippen LogP contribution in [0.5, 0.6) is 0 Å². The summed E-state index contributed by atoms with van der Waals surface area (Å²) in [7, 11) is 0. The third-order valence-corrected chi connectivity index (χ3v) is 8.39. The lowest BCUT2D eigenvalue weighted by molar-refractivity contribution is -0.466. The topological polar surface area (TPSA) is 0 Å². The molecule has 0 amide bonds. The lowest BCUT2D eigenvalue weighted by Crippen LogP contribution is -2.78. The zero-order valence-electron chi connectivity index (χ0n) is 14.6. The van der Waals surface area contributed by atoms with Gasteiger partial charge in [0.2, 0.25) is 0 Å². The molecule has 212 valence electrons. The van der Waals surface area contributed by atoms with E-state index < -0.39 is 65.7 Å². The summed E-state index contributed by atoms with van der Waals surface area (Å²) < 4.78 is 284. The van der Waals surface area contributed by atoms with Gasteiger partial charge in [-0.15, -0.1) is 22.2 Å². The Morgan fingerprint density at radius 1 is 0.314 bits per heavy atom. The lowest BCUT2D eigenvalue weighted by Gasteiger charge is -2.44. The van der Waals surface area contributed by atoms with Crippen molar-refractivity contribution in [3.8, 4) is 0 Å². The van der Waals surface area contributed by atoms with Crippen LogP contribution in [0.25, 0.3) is 0 Å². The maximum atomic E-state index is 13.4. The summed E-state index contributed by atoms with van der Waals surface area (Å²) in [6, 6.07) is 0. The summed E-state index contributed by atoms with van der Waals surface area (Å²) in [6.07, 6.45) is -8.04. The van der Waals surface area contributed by atoms with Crippen molar-refractivity contribution >= 4 is 28.9 Å². The number of alkyl halides is 22. The van der Waals surface area contributed by atoms with E-state index in [1.165, 1.54) is 0 Å². The molecule has 0 aromatic rings. The molecule has 0 radical (unpaired) electrons. The van der Waals surface area contributed by atoms with Gasteiger partial charge in [-0.3, -0.25) is 0 Å². The lowest BCUT2D eigenvalue weighted by atomic mass is 9.89. The van der Waals surface area contributed by atoms with Crippen LogP contribution < -0.4 is 0 Å². The van der Waals surface area contributed by atoms with E-state index in [9.17, 15) is 96.6 Å². The summed E-state index contributed by atoms with van der Waals surface area (Å²) in [6.45, 7) is -8.45. The Morgan fingerprint density at radius 2 is 0.514 bits per heavy atom. The van der Waals surface area contributed by atoms with Crippen LogP contribution in [-0.2, 0) is 0 Å². The van der Waals surface area contributed by atoms with Crippen molar-refractivity contribution in [2.75, 3.05) is 0 Å². The minimum Gasteiger partial charge on any atom is -0.201 e. The van der Waals surface area contributed by atoms with Crippen LogP contribution in [0.1, 0.15) is 0 Å². The fourth-order valence-corrected chi connectivity index (χ4v) is 3.36. The molecule has 0 aromatic heterocycles. The van der Waals surface area contributed by atoms with Gasteiger partial charge in [0.1, 0.15) is 0 Å². The van der Waals surface area contributed by atoms with Gasteiger partial charge >= 0.3 is 65.7 Å². The average molecular weight is 637 g/mol. The fraction of sp³-hybridized carbons (Fsp3) is 1.00. The summed E-state index contributed by atoms with van der Waals surface area (Å²) in [4.78, 5) is 0. The molecule has 0 N–H and O–H groups in total. The molecule has 0 nitrogen and oxygen atoms in total. The Kier molecular flexibility index (Phi) is 7.95. The highest BCUT2D eigenvalue weighted by Crippen LogP contribution is 2.66. The minimum atomic E-state index is -9.25. The van der Waals surface area contributed by atoms with Gasteiger partial charge in [0.15, 0.2) is 0 Å². The van der Waals surface area contributed by atoms with Crippen LogP contribution in [0.15, 0.2) is 0 Å². The van der Waals surface area contributed by atoms with Gasteiger partial charge in [-0.25, -0.2) is 8.78 Å². The molecule has 35 heavy (non-hydrogen) atoms. The maximum absolute atomic E-state index is 13.4. The molecule has 0 aliphatic rings. The summed E-state index contributed by atoms with van der Waals surface area (Å²) in [5.74, 6) is -69.9. The largest absolute Gasteiger partial charge is 0.460 e.